The molecule has 0 aliphatic heterocycles. The number of hydrogen-bond donors (Lipinski definition) is 2. The van der Waals surface area contributed by atoms with E-state index in [1.54, 1.807) is 31.3 Å². The fourth-order valence-electron chi connectivity index (χ4n) is 3.38. The number of rotatable bonds is 5. The number of aryl methyl sites for hydroxylation is 1. The van der Waals surface area contributed by atoms with Gasteiger partial charge in [-0.25, -0.2) is 0 Å². The van der Waals surface area contributed by atoms with Crippen molar-refractivity contribution in [2.45, 2.75) is 18.9 Å². The van der Waals surface area contributed by atoms with E-state index in [1.165, 1.54) is 11.1 Å². The van der Waals surface area contributed by atoms with Crippen molar-refractivity contribution < 1.29 is 9.59 Å². The first-order valence-corrected chi connectivity index (χ1v) is 8.48. The highest BCUT2D eigenvalue weighted by atomic mass is 16.2. The summed E-state index contributed by atoms with van der Waals surface area (Å²) < 4.78 is 0. The number of anilines is 1. The summed E-state index contributed by atoms with van der Waals surface area (Å²) in [7, 11) is 3.58. The second-order valence-electron chi connectivity index (χ2n) is 6.37. The quantitative estimate of drug-likeness (QED) is 0.882. The van der Waals surface area contributed by atoms with Gasteiger partial charge in [-0.05, 0) is 55.3 Å². The number of amides is 2. The maximum Gasteiger partial charge on any atom is 0.251 e. The largest absolute Gasteiger partial charge is 0.355 e. The van der Waals surface area contributed by atoms with E-state index < -0.39 is 0 Å². The van der Waals surface area contributed by atoms with Crippen LogP contribution < -0.4 is 10.6 Å². The second-order valence-corrected chi connectivity index (χ2v) is 6.37. The minimum atomic E-state index is -0.141. The molecule has 0 unspecified atom stereocenters. The van der Waals surface area contributed by atoms with Crippen molar-refractivity contribution in [2.24, 2.45) is 0 Å². The summed E-state index contributed by atoms with van der Waals surface area (Å²) in [5.74, 6) is -0.197. The van der Waals surface area contributed by atoms with E-state index in [2.05, 4.69) is 39.8 Å². The van der Waals surface area contributed by atoms with Crippen LogP contribution in [0.3, 0.4) is 0 Å². The Balaban J connectivity index is 1.58. The topological polar surface area (TPSA) is 61.4 Å². The van der Waals surface area contributed by atoms with Crippen LogP contribution >= 0.6 is 0 Å². The summed E-state index contributed by atoms with van der Waals surface area (Å²) in [6.45, 7) is 0.330. The van der Waals surface area contributed by atoms with Gasteiger partial charge < -0.3 is 10.6 Å². The predicted octanol–water partition coefficient (Wildman–Crippen LogP) is 2.60. The van der Waals surface area contributed by atoms with Crippen molar-refractivity contribution in [1.82, 2.24) is 10.2 Å². The lowest BCUT2D eigenvalue weighted by Crippen LogP contribution is -2.32. The molecule has 25 heavy (non-hydrogen) atoms. The number of fused-ring (bicyclic) bond motifs is 1. The molecule has 0 bridgehead atoms. The predicted molar refractivity (Wildman–Crippen MR) is 98.6 cm³/mol. The van der Waals surface area contributed by atoms with Crippen molar-refractivity contribution >= 4 is 17.5 Å². The number of benzene rings is 2. The molecule has 1 aliphatic rings. The van der Waals surface area contributed by atoms with Crippen LogP contribution in [-0.2, 0) is 11.2 Å². The number of nitrogens with one attached hydrogen (secondary N) is 2. The van der Waals surface area contributed by atoms with E-state index in [0.29, 0.717) is 17.8 Å². The van der Waals surface area contributed by atoms with Crippen LogP contribution in [0, 0.1) is 0 Å². The molecule has 2 N–H and O–H groups in total. The lowest BCUT2D eigenvalue weighted by Gasteiger charge is -2.24. The molecule has 2 amide bonds. The molecule has 2 aromatic rings. The van der Waals surface area contributed by atoms with Gasteiger partial charge in [0, 0.05) is 24.3 Å². The monoisotopic (exact) mass is 337 g/mol. The number of carbonyl (C=O) groups excluding carboxylic acids is 2. The average Bonchev–Trinajstić information content (AvgIpc) is 3.06. The lowest BCUT2D eigenvalue weighted by atomic mass is 10.1. The van der Waals surface area contributed by atoms with Gasteiger partial charge >= 0.3 is 0 Å². The summed E-state index contributed by atoms with van der Waals surface area (Å²) in [6, 6.07) is 15.6. The van der Waals surface area contributed by atoms with E-state index in [-0.39, 0.29) is 17.9 Å². The molecule has 2 aromatic carbocycles. The molecule has 5 nitrogen and oxygen atoms in total. The van der Waals surface area contributed by atoms with Crippen molar-refractivity contribution in [1.29, 1.82) is 0 Å². The van der Waals surface area contributed by atoms with Gasteiger partial charge in [0.1, 0.15) is 0 Å². The minimum absolute atomic E-state index is 0.0559. The fourth-order valence-corrected chi connectivity index (χ4v) is 3.38. The Morgan fingerprint density at radius 2 is 1.84 bits per heavy atom. The van der Waals surface area contributed by atoms with Gasteiger partial charge in [-0.3, -0.25) is 14.5 Å². The van der Waals surface area contributed by atoms with Crippen molar-refractivity contribution in [3.8, 4) is 0 Å². The van der Waals surface area contributed by atoms with Crippen molar-refractivity contribution in [3.05, 3.63) is 65.2 Å². The first-order valence-electron chi connectivity index (χ1n) is 8.48. The molecule has 5 heteroatoms. The second kappa shape index (κ2) is 7.49. The number of likely N-dealkylation sites (N-methyl/N-ethyl adjacent to an activating group) is 1. The van der Waals surface area contributed by atoms with Crippen LogP contribution in [-0.4, -0.2) is 37.4 Å². The van der Waals surface area contributed by atoms with Crippen LogP contribution in [0.2, 0.25) is 0 Å². The highest BCUT2D eigenvalue weighted by molar-refractivity contribution is 5.96. The summed E-state index contributed by atoms with van der Waals surface area (Å²) in [5.41, 5.74) is 3.97. The summed E-state index contributed by atoms with van der Waals surface area (Å²) >= 11 is 0. The number of carbonyl (C=O) groups is 2. The molecule has 0 saturated heterocycles. The van der Waals surface area contributed by atoms with E-state index in [9.17, 15) is 9.59 Å². The molecule has 0 spiro atoms. The molecule has 0 fully saturated rings. The Hall–Kier alpha value is -2.66. The first-order chi connectivity index (χ1) is 12.1. The van der Waals surface area contributed by atoms with Crippen LogP contribution in [0.25, 0.3) is 0 Å². The van der Waals surface area contributed by atoms with E-state index in [4.69, 9.17) is 0 Å². The van der Waals surface area contributed by atoms with Gasteiger partial charge in [0.05, 0.1) is 6.54 Å². The molecule has 3 rings (SSSR count). The Labute approximate surface area is 148 Å². The lowest BCUT2D eigenvalue weighted by molar-refractivity contribution is -0.117. The number of nitrogens with zero attached hydrogens (tertiary/aromatic N) is 1. The van der Waals surface area contributed by atoms with E-state index >= 15 is 0 Å². The summed E-state index contributed by atoms with van der Waals surface area (Å²) in [5, 5.41) is 5.47. The first kappa shape index (κ1) is 17.2. The minimum Gasteiger partial charge on any atom is -0.355 e. The van der Waals surface area contributed by atoms with E-state index in [1.807, 2.05) is 7.05 Å². The Bertz CT molecular complexity index is 771. The smallest absolute Gasteiger partial charge is 0.251 e. The molecule has 0 radical (unpaired) electrons. The van der Waals surface area contributed by atoms with Crippen LogP contribution in [0.4, 0.5) is 5.69 Å². The van der Waals surface area contributed by atoms with Crippen LogP contribution in [0.5, 0.6) is 0 Å². The van der Waals surface area contributed by atoms with Gasteiger partial charge in [-0.1, -0.05) is 24.3 Å². The molecule has 130 valence electrons. The van der Waals surface area contributed by atoms with E-state index in [0.717, 1.165) is 12.8 Å². The maximum atomic E-state index is 12.3. The SMILES string of the molecule is CNC(=O)c1ccc(NC(=O)CN(C)[C@@H]2CCc3ccccc32)cc1. The van der Waals surface area contributed by atoms with Crippen molar-refractivity contribution in [3.63, 3.8) is 0 Å². The summed E-state index contributed by atoms with van der Waals surface area (Å²) in [4.78, 5) is 26.0. The average molecular weight is 337 g/mol. The maximum absolute atomic E-state index is 12.3. The third kappa shape index (κ3) is 3.88. The van der Waals surface area contributed by atoms with Gasteiger partial charge in [-0.2, -0.15) is 0 Å². The zero-order valence-electron chi connectivity index (χ0n) is 14.6. The highest BCUT2D eigenvalue weighted by Gasteiger charge is 2.26. The van der Waals surface area contributed by atoms with Crippen LogP contribution in [0.1, 0.15) is 33.9 Å². The Kier molecular flexibility index (Phi) is 5.14. The summed E-state index contributed by atoms with van der Waals surface area (Å²) in [6.07, 6.45) is 2.11. The molecular weight excluding hydrogens is 314 g/mol. The highest BCUT2D eigenvalue weighted by Crippen LogP contribution is 2.34. The molecule has 0 aromatic heterocycles. The molecule has 0 heterocycles. The molecular formula is C20H23N3O2. The third-order valence-corrected chi connectivity index (χ3v) is 4.68. The van der Waals surface area contributed by atoms with Gasteiger partial charge in [-0.15, -0.1) is 0 Å². The third-order valence-electron chi connectivity index (χ3n) is 4.68. The zero-order valence-corrected chi connectivity index (χ0v) is 14.6. The normalized spacial score (nSPS) is 15.7. The standard InChI is InChI=1S/C20H23N3O2/c1-21-20(25)15-7-10-16(11-8-15)22-19(24)13-23(2)18-12-9-14-5-3-4-6-17(14)18/h3-8,10-11,18H,9,12-13H2,1-2H3,(H,21,25)(H,22,24)/t18-/m1/s1. The van der Waals surface area contributed by atoms with Gasteiger partial charge in [0.2, 0.25) is 5.91 Å². The van der Waals surface area contributed by atoms with Gasteiger partial charge in [0.15, 0.2) is 0 Å². The fraction of sp³-hybridized carbons (Fsp3) is 0.300. The number of hydrogen-bond acceptors (Lipinski definition) is 3. The Morgan fingerprint density at radius 3 is 2.56 bits per heavy atom. The molecule has 1 aliphatic carbocycles. The Morgan fingerprint density at radius 1 is 1.12 bits per heavy atom. The molecule has 1 atom stereocenters. The van der Waals surface area contributed by atoms with Crippen LogP contribution in [0.15, 0.2) is 48.5 Å². The van der Waals surface area contributed by atoms with Crippen molar-refractivity contribution in [2.75, 3.05) is 26.0 Å². The van der Waals surface area contributed by atoms with Gasteiger partial charge in [0.25, 0.3) is 5.91 Å². The molecule has 0 saturated carbocycles. The zero-order chi connectivity index (χ0) is 17.8.